The average molecular weight is 426 g/mol. The Morgan fingerprint density at radius 1 is 1.16 bits per heavy atom. The summed E-state index contributed by atoms with van der Waals surface area (Å²) in [4.78, 5) is 29.0. The largest absolute Gasteiger partial charge is 0.444 e. The molecule has 0 radical (unpaired) electrons. The van der Waals surface area contributed by atoms with Gasteiger partial charge in [-0.25, -0.2) is 9.78 Å². The summed E-state index contributed by atoms with van der Waals surface area (Å²) in [6.45, 7) is 5.92. The molecular formula is C17H20BrN3O3S. The molecule has 0 unspecified atom stereocenters. The molecule has 8 heteroatoms. The summed E-state index contributed by atoms with van der Waals surface area (Å²) in [6.07, 6.45) is -0.511. The molecule has 2 N–H and O–H groups in total. The Morgan fingerprint density at radius 2 is 1.80 bits per heavy atom. The molecule has 0 aliphatic heterocycles. The number of nitrogens with one attached hydrogen (secondary N) is 2. The lowest BCUT2D eigenvalue weighted by Gasteiger charge is -2.19. The van der Waals surface area contributed by atoms with E-state index >= 15 is 0 Å². The summed E-state index contributed by atoms with van der Waals surface area (Å²) in [7, 11) is 0. The Labute approximate surface area is 159 Å². The molecular weight excluding hydrogens is 406 g/mol. The first-order chi connectivity index (χ1) is 11.8. The molecule has 2 amide bonds. The van der Waals surface area contributed by atoms with Crippen LogP contribution in [0.3, 0.4) is 0 Å². The number of alkyl carbamates (subject to hydrolysis) is 1. The van der Waals surface area contributed by atoms with E-state index in [-0.39, 0.29) is 19.0 Å². The molecule has 0 aliphatic carbocycles. The third kappa shape index (κ3) is 6.13. The molecule has 0 saturated heterocycles. The fourth-order valence-corrected chi connectivity index (χ4v) is 3.43. The number of hydrogen-bond acceptors (Lipinski definition) is 5. The van der Waals surface area contributed by atoms with E-state index in [2.05, 4.69) is 31.5 Å². The minimum absolute atomic E-state index is 0.270. The highest BCUT2D eigenvalue weighted by molar-refractivity contribution is 9.11. The molecule has 0 bridgehead atoms. The number of ether oxygens (including phenoxy) is 1. The van der Waals surface area contributed by atoms with Crippen molar-refractivity contribution < 1.29 is 14.3 Å². The Hall–Kier alpha value is -1.93. The van der Waals surface area contributed by atoms with Gasteiger partial charge in [0.15, 0.2) is 3.92 Å². The van der Waals surface area contributed by atoms with Gasteiger partial charge in [0.25, 0.3) is 5.91 Å². The van der Waals surface area contributed by atoms with Crippen LogP contribution in [0.4, 0.5) is 4.79 Å². The van der Waals surface area contributed by atoms with Gasteiger partial charge in [-0.3, -0.25) is 4.79 Å². The van der Waals surface area contributed by atoms with Crippen molar-refractivity contribution >= 4 is 39.3 Å². The van der Waals surface area contributed by atoms with Crippen molar-refractivity contribution in [1.29, 1.82) is 0 Å². The number of aromatic nitrogens is 1. The number of benzene rings is 1. The number of amides is 2. The molecule has 1 aromatic heterocycles. The second-order valence-corrected chi connectivity index (χ2v) is 8.47. The summed E-state index contributed by atoms with van der Waals surface area (Å²) in [5.74, 6) is -0.285. The average Bonchev–Trinajstić information content (AvgIpc) is 2.92. The first kappa shape index (κ1) is 19.4. The molecule has 134 valence electrons. The summed E-state index contributed by atoms with van der Waals surface area (Å²) in [5.41, 5.74) is 0.744. The van der Waals surface area contributed by atoms with Crippen LogP contribution in [0.2, 0.25) is 0 Å². The fourth-order valence-electron chi connectivity index (χ4n) is 1.97. The van der Waals surface area contributed by atoms with Crippen LogP contribution in [0, 0.1) is 0 Å². The Bertz CT molecular complexity index is 741. The Kier molecular flexibility index (Phi) is 6.55. The minimum Gasteiger partial charge on any atom is -0.444 e. The first-order valence-electron chi connectivity index (χ1n) is 7.73. The maximum atomic E-state index is 12.4. The molecule has 0 atom stereocenters. The fraction of sp³-hybridized carbons (Fsp3) is 0.353. The lowest BCUT2D eigenvalue weighted by Crippen LogP contribution is -2.38. The lowest BCUT2D eigenvalue weighted by molar-refractivity contribution is 0.0526. The number of nitrogens with zero attached hydrogens (tertiary/aromatic N) is 1. The molecule has 2 aromatic rings. The van der Waals surface area contributed by atoms with E-state index in [0.717, 1.165) is 10.4 Å². The number of carbonyl (C=O) groups is 2. The maximum absolute atomic E-state index is 12.4. The molecule has 0 spiro atoms. The Balaban J connectivity index is 1.91. The zero-order chi connectivity index (χ0) is 18.4. The predicted molar refractivity (Wildman–Crippen MR) is 102 cm³/mol. The van der Waals surface area contributed by atoms with Crippen LogP contribution in [0.15, 0.2) is 34.2 Å². The van der Waals surface area contributed by atoms with Crippen molar-refractivity contribution in [2.75, 3.05) is 13.1 Å². The maximum Gasteiger partial charge on any atom is 0.407 e. The number of halogens is 1. The summed E-state index contributed by atoms with van der Waals surface area (Å²) in [5, 5.41) is 5.35. The van der Waals surface area contributed by atoms with Crippen molar-refractivity contribution in [3.63, 3.8) is 0 Å². The van der Waals surface area contributed by atoms with Gasteiger partial charge in [0.05, 0.1) is 4.88 Å². The van der Waals surface area contributed by atoms with Gasteiger partial charge in [-0.05, 0) is 42.3 Å². The van der Waals surface area contributed by atoms with Crippen molar-refractivity contribution in [1.82, 2.24) is 15.6 Å². The molecule has 1 aromatic carbocycles. The monoisotopic (exact) mass is 425 g/mol. The summed E-state index contributed by atoms with van der Waals surface area (Å²) >= 11 is 4.73. The van der Waals surface area contributed by atoms with Crippen LogP contribution >= 0.6 is 27.3 Å². The smallest absolute Gasteiger partial charge is 0.407 e. The number of carbonyl (C=O) groups excluding carboxylic acids is 2. The molecule has 0 aliphatic rings. The van der Waals surface area contributed by atoms with E-state index in [4.69, 9.17) is 4.74 Å². The van der Waals surface area contributed by atoms with Crippen LogP contribution in [0.25, 0.3) is 10.4 Å². The third-order valence-electron chi connectivity index (χ3n) is 2.93. The van der Waals surface area contributed by atoms with Crippen molar-refractivity contribution in [2.45, 2.75) is 26.4 Å². The van der Waals surface area contributed by atoms with E-state index in [1.165, 1.54) is 11.3 Å². The highest BCUT2D eigenvalue weighted by atomic mass is 79.9. The van der Waals surface area contributed by atoms with Crippen LogP contribution in [-0.2, 0) is 4.74 Å². The van der Waals surface area contributed by atoms with Gasteiger partial charge >= 0.3 is 6.09 Å². The predicted octanol–water partition coefficient (Wildman–Crippen LogP) is 3.83. The van der Waals surface area contributed by atoms with Crippen molar-refractivity contribution in [2.24, 2.45) is 0 Å². The van der Waals surface area contributed by atoms with Crippen LogP contribution in [0.5, 0.6) is 0 Å². The molecule has 2 rings (SSSR count). The topological polar surface area (TPSA) is 80.3 Å². The van der Waals surface area contributed by atoms with Crippen LogP contribution < -0.4 is 10.6 Å². The summed E-state index contributed by atoms with van der Waals surface area (Å²) in [6, 6.07) is 9.61. The van der Waals surface area contributed by atoms with Gasteiger partial charge in [0.2, 0.25) is 0 Å². The molecule has 0 saturated carbocycles. The van der Waals surface area contributed by atoms with Crippen molar-refractivity contribution in [3.05, 3.63) is 39.9 Å². The lowest BCUT2D eigenvalue weighted by atomic mass is 10.1. The van der Waals surface area contributed by atoms with Crippen LogP contribution in [-0.4, -0.2) is 35.7 Å². The van der Waals surface area contributed by atoms with Gasteiger partial charge in [-0.2, -0.15) is 0 Å². The van der Waals surface area contributed by atoms with Gasteiger partial charge in [-0.15, -0.1) is 11.3 Å². The molecule has 0 fully saturated rings. The Morgan fingerprint density at radius 3 is 2.44 bits per heavy atom. The zero-order valence-electron chi connectivity index (χ0n) is 14.3. The highest BCUT2D eigenvalue weighted by Gasteiger charge is 2.19. The van der Waals surface area contributed by atoms with Gasteiger partial charge in [0, 0.05) is 13.1 Å². The number of hydrogen-bond donors (Lipinski definition) is 2. The van der Waals surface area contributed by atoms with E-state index in [9.17, 15) is 9.59 Å². The number of thiazole rings is 1. The SMILES string of the molecule is CC(C)(C)OC(=O)NCCNC(=O)c1nc(Br)sc1-c1ccccc1. The van der Waals surface area contributed by atoms with Gasteiger partial charge < -0.3 is 15.4 Å². The van der Waals surface area contributed by atoms with E-state index in [0.29, 0.717) is 9.61 Å². The highest BCUT2D eigenvalue weighted by Crippen LogP contribution is 2.32. The molecule has 6 nitrogen and oxygen atoms in total. The quantitative estimate of drug-likeness (QED) is 0.713. The van der Waals surface area contributed by atoms with Crippen molar-refractivity contribution in [3.8, 4) is 10.4 Å². The molecule has 25 heavy (non-hydrogen) atoms. The van der Waals surface area contributed by atoms with E-state index in [1.807, 2.05) is 30.3 Å². The van der Waals surface area contributed by atoms with Crippen LogP contribution in [0.1, 0.15) is 31.3 Å². The minimum atomic E-state index is -0.551. The second kappa shape index (κ2) is 8.44. The van der Waals surface area contributed by atoms with E-state index in [1.54, 1.807) is 20.8 Å². The molecule has 1 heterocycles. The third-order valence-corrected chi connectivity index (χ3v) is 4.49. The van der Waals surface area contributed by atoms with E-state index < -0.39 is 11.7 Å². The van der Waals surface area contributed by atoms with Gasteiger partial charge in [0.1, 0.15) is 11.3 Å². The standard InChI is InChI=1S/C17H20BrN3O3S/c1-17(2,3)24-16(23)20-10-9-19-14(22)12-13(25-15(18)21-12)11-7-5-4-6-8-11/h4-8H,9-10H2,1-3H3,(H,19,22)(H,20,23). The summed E-state index contributed by atoms with van der Waals surface area (Å²) < 4.78 is 5.77. The first-order valence-corrected chi connectivity index (χ1v) is 9.34. The zero-order valence-corrected chi connectivity index (χ0v) is 16.7. The van der Waals surface area contributed by atoms with Gasteiger partial charge in [-0.1, -0.05) is 30.3 Å². The second-order valence-electron chi connectivity index (χ2n) is 6.20. The number of rotatable bonds is 5. The normalized spacial score (nSPS) is 11.0.